The molecule has 0 saturated carbocycles. The van der Waals surface area contributed by atoms with Crippen LogP contribution in [0.3, 0.4) is 0 Å². The van der Waals surface area contributed by atoms with Crippen LogP contribution in [0.1, 0.15) is 34.8 Å². The Hall–Kier alpha value is -4.27. The molecule has 1 saturated heterocycles. The molecule has 1 fully saturated rings. The molecule has 1 amide bonds. The van der Waals surface area contributed by atoms with Gasteiger partial charge in [0.25, 0.3) is 5.91 Å². The summed E-state index contributed by atoms with van der Waals surface area (Å²) in [5.41, 5.74) is 3.02. The molecule has 35 heavy (non-hydrogen) atoms. The molecule has 9 nitrogen and oxygen atoms in total. The number of piperidine rings is 1. The fourth-order valence-electron chi connectivity index (χ4n) is 4.28. The van der Waals surface area contributed by atoms with Gasteiger partial charge in [-0.1, -0.05) is 12.1 Å². The molecule has 4 heterocycles. The van der Waals surface area contributed by atoms with Gasteiger partial charge in [-0.2, -0.15) is 5.10 Å². The maximum absolute atomic E-state index is 13.3. The van der Waals surface area contributed by atoms with E-state index in [1.807, 2.05) is 48.5 Å². The predicted octanol–water partition coefficient (Wildman–Crippen LogP) is 4.09. The fourth-order valence-corrected chi connectivity index (χ4v) is 4.28. The Morgan fingerprint density at radius 1 is 1.11 bits per heavy atom. The molecule has 0 spiro atoms. The van der Waals surface area contributed by atoms with Crippen LogP contribution < -0.4 is 9.47 Å². The molecule has 4 aromatic rings. The molecular weight excluding hydrogens is 444 g/mol. The van der Waals surface area contributed by atoms with Crippen LogP contribution in [-0.2, 0) is 7.05 Å². The van der Waals surface area contributed by atoms with Crippen LogP contribution >= 0.6 is 0 Å². The van der Waals surface area contributed by atoms with Crippen molar-refractivity contribution >= 4 is 5.91 Å². The molecule has 1 atom stereocenters. The van der Waals surface area contributed by atoms with E-state index in [1.165, 1.54) is 0 Å². The van der Waals surface area contributed by atoms with Crippen molar-refractivity contribution in [3.63, 3.8) is 0 Å². The van der Waals surface area contributed by atoms with Crippen LogP contribution in [0.4, 0.5) is 0 Å². The zero-order valence-electron chi connectivity index (χ0n) is 19.7. The highest BCUT2D eigenvalue weighted by Gasteiger charge is 2.27. The zero-order valence-corrected chi connectivity index (χ0v) is 19.7. The standard InChI is InChI=1S/C26H26N6O3/c1-31-16-20(13-29-31)21-12-18(9-10-28-21)26(33)32-11-5-6-19(17-32)22-14-27-15-25(30-22)35-24-8-4-3-7-23(24)34-2/h3-4,7-10,12-16,19H,5-6,11,17H2,1-2H3. The van der Waals surface area contributed by atoms with E-state index < -0.39 is 0 Å². The second-order valence-corrected chi connectivity index (χ2v) is 8.46. The minimum Gasteiger partial charge on any atom is -0.493 e. The molecule has 0 bridgehead atoms. The first-order valence-electron chi connectivity index (χ1n) is 11.5. The summed E-state index contributed by atoms with van der Waals surface area (Å²) < 4.78 is 13.0. The molecule has 5 rings (SSSR count). The fraction of sp³-hybridized carbons (Fsp3) is 0.269. The third kappa shape index (κ3) is 4.98. The lowest BCUT2D eigenvalue weighted by molar-refractivity contribution is 0.0705. The number of para-hydroxylation sites is 2. The van der Waals surface area contributed by atoms with E-state index in [-0.39, 0.29) is 11.8 Å². The van der Waals surface area contributed by atoms with Crippen LogP contribution in [0.5, 0.6) is 17.4 Å². The topological polar surface area (TPSA) is 95.3 Å². The van der Waals surface area contributed by atoms with Gasteiger partial charge in [-0.3, -0.25) is 19.4 Å². The second kappa shape index (κ2) is 9.92. The minimum absolute atomic E-state index is 0.0170. The third-order valence-electron chi connectivity index (χ3n) is 6.05. The largest absolute Gasteiger partial charge is 0.493 e. The van der Waals surface area contributed by atoms with Crippen molar-refractivity contribution in [2.75, 3.05) is 20.2 Å². The van der Waals surface area contributed by atoms with Crippen LogP contribution in [0.2, 0.25) is 0 Å². The van der Waals surface area contributed by atoms with Gasteiger partial charge in [-0.15, -0.1) is 0 Å². The lowest BCUT2D eigenvalue weighted by Crippen LogP contribution is -2.39. The summed E-state index contributed by atoms with van der Waals surface area (Å²) in [6.45, 7) is 1.26. The zero-order chi connectivity index (χ0) is 24.2. The van der Waals surface area contributed by atoms with Gasteiger partial charge in [0.2, 0.25) is 5.88 Å². The molecule has 0 N–H and O–H groups in total. The van der Waals surface area contributed by atoms with Crippen LogP contribution in [0, 0.1) is 0 Å². The Morgan fingerprint density at radius 2 is 1.97 bits per heavy atom. The SMILES string of the molecule is COc1ccccc1Oc1cncc(C2CCCN(C(=O)c3ccnc(-c4cnn(C)c4)c3)C2)n1. The maximum atomic E-state index is 13.3. The summed E-state index contributed by atoms with van der Waals surface area (Å²) in [4.78, 5) is 28.7. The molecule has 1 unspecified atom stereocenters. The number of aryl methyl sites for hydroxylation is 1. The number of methoxy groups -OCH3 is 1. The lowest BCUT2D eigenvalue weighted by atomic mass is 9.94. The Bertz CT molecular complexity index is 1340. The molecule has 0 aliphatic carbocycles. The van der Waals surface area contributed by atoms with Gasteiger partial charge < -0.3 is 14.4 Å². The second-order valence-electron chi connectivity index (χ2n) is 8.46. The summed E-state index contributed by atoms with van der Waals surface area (Å²) in [5, 5.41) is 4.20. The van der Waals surface area contributed by atoms with Crippen molar-refractivity contribution in [3.8, 4) is 28.6 Å². The lowest BCUT2D eigenvalue weighted by Gasteiger charge is -2.32. The number of nitrogens with zero attached hydrogens (tertiary/aromatic N) is 6. The molecule has 1 aliphatic rings. The molecular formula is C26H26N6O3. The number of rotatable bonds is 6. The van der Waals surface area contributed by atoms with Gasteiger partial charge in [0.15, 0.2) is 11.5 Å². The predicted molar refractivity (Wildman–Crippen MR) is 129 cm³/mol. The number of carbonyl (C=O) groups excluding carboxylic acids is 1. The first kappa shape index (κ1) is 22.5. The average Bonchev–Trinajstić information content (AvgIpc) is 3.35. The number of hydrogen-bond acceptors (Lipinski definition) is 7. The molecule has 178 valence electrons. The highest BCUT2D eigenvalue weighted by Crippen LogP contribution is 2.32. The summed E-state index contributed by atoms with van der Waals surface area (Å²) in [6.07, 6.45) is 10.4. The first-order chi connectivity index (χ1) is 17.1. The number of benzene rings is 1. The maximum Gasteiger partial charge on any atom is 0.254 e. The molecule has 3 aromatic heterocycles. The van der Waals surface area contributed by atoms with Gasteiger partial charge in [0.1, 0.15) is 0 Å². The normalized spacial score (nSPS) is 15.6. The van der Waals surface area contributed by atoms with Crippen LogP contribution in [-0.4, -0.2) is 55.7 Å². The van der Waals surface area contributed by atoms with E-state index in [0.717, 1.165) is 29.8 Å². The number of likely N-dealkylation sites (tertiary alicyclic amines) is 1. The highest BCUT2D eigenvalue weighted by molar-refractivity contribution is 5.95. The van der Waals surface area contributed by atoms with Crippen molar-refractivity contribution < 1.29 is 14.3 Å². The summed E-state index contributed by atoms with van der Waals surface area (Å²) in [7, 11) is 3.45. The Morgan fingerprint density at radius 3 is 2.77 bits per heavy atom. The first-order valence-corrected chi connectivity index (χ1v) is 11.5. The van der Waals surface area contributed by atoms with Crippen molar-refractivity contribution in [1.82, 2.24) is 29.6 Å². The smallest absolute Gasteiger partial charge is 0.254 e. The quantitative estimate of drug-likeness (QED) is 0.419. The van der Waals surface area contributed by atoms with Gasteiger partial charge in [0, 0.05) is 55.8 Å². The van der Waals surface area contributed by atoms with Crippen molar-refractivity contribution in [3.05, 3.63) is 78.6 Å². The van der Waals surface area contributed by atoms with Gasteiger partial charge >= 0.3 is 0 Å². The number of ether oxygens (including phenoxy) is 2. The number of aromatic nitrogens is 5. The van der Waals surface area contributed by atoms with Crippen LogP contribution in [0.15, 0.2) is 67.4 Å². The van der Waals surface area contributed by atoms with Crippen molar-refractivity contribution in [1.29, 1.82) is 0 Å². The number of pyridine rings is 1. The van der Waals surface area contributed by atoms with E-state index in [0.29, 0.717) is 36.0 Å². The van der Waals surface area contributed by atoms with E-state index in [9.17, 15) is 4.79 Å². The minimum atomic E-state index is -0.0170. The third-order valence-corrected chi connectivity index (χ3v) is 6.05. The van der Waals surface area contributed by atoms with Gasteiger partial charge in [-0.25, -0.2) is 4.98 Å². The van der Waals surface area contributed by atoms with Crippen molar-refractivity contribution in [2.24, 2.45) is 7.05 Å². The molecule has 1 aromatic carbocycles. The molecule has 1 aliphatic heterocycles. The van der Waals surface area contributed by atoms with E-state index in [2.05, 4.69) is 15.1 Å². The Balaban J connectivity index is 1.31. The monoisotopic (exact) mass is 470 g/mol. The van der Waals surface area contributed by atoms with Gasteiger partial charge in [-0.05, 0) is 37.1 Å². The van der Waals surface area contributed by atoms with Crippen molar-refractivity contribution in [2.45, 2.75) is 18.8 Å². The summed E-state index contributed by atoms with van der Waals surface area (Å²) in [5.74, 6) is 1.64. The van der Waals surface area contributed by atoms with Crippen LogP contribution in [0.25, 0.3) is 11.3 Å². The number of carbonyl (C=O) groups is 1. The van der Waals surface area contributed by atoms with E-state index >= 15 is 0 Å². The number of hydrogen-bond donors (Lipinski definition) is 0. The Kier molecular flexibility index (Phi) is 6.38. The molecule has 0 radical (unpaired) electrons. The van der Waals surface area contributed by atoms with E-state index in [1.54, 1.807) is 42.6 Å². The van der Waals surface area contributed by atoms with Gasteiger partial charge in [0.05, 0.1) is 30.9 Å². The molecule has 9 heteroatoms. The summed E-state index contributed by atoms with van der Waals surface area (Å²) >= 11 is 0. The Labute approximate surface area is 203 Å². The highest BCUT2D eigenvalue weighted by atomic mass is 16.5. The number of amides is 1. The average molecular weight is 471 g/mol. The van der Waals surface area contributed by atoms with E-state index in [4.69, 9.17) is 14.5 Å². The summed E-state index contributed by atoms with van der Waals surface area (Å²) in [6, 6.07) is 11.0.